The molecule has 0 aromatic carbocycles. The molecule has 0 aliphatic carbocycles. The molecule has 0 radical (unpaired) electrons. The number of aromatic carboxylic acids is 1. The van der Waals surface area contributed by atoms with Gasteiger partial charge in [0, 0.05) is 13.0 Å². The van der Waals surface area contributed by atoms with Crippen molar-refractivity contribution in [3.8, 4) is 0 Å². The molecule has 0 spiro atoms. The molecular weight excluding hydrogens is 200 g/mol. The average Bonchev–Trinajstić information content (AvgIpc) is 2.60. The predicted octanol–water partition coefficient (Wildman–Crippen LogP) is 0.0181. The monoisotopic (exact) mass is 210 g/mol. The van der Waals surface area contributed by atoms with Gasteiger partial charge in [0.15, 0.2) is 11.5 Å². The lowest BCUT2D eigenvalue weighted by Gasteiger charge is -2.02. The molecule has 80 valence electrons. The number of carbonyl (C=O) groups is 2. The minimum Gasteiger partial charge on any atom is -0.476 e. The molecule has 4 N–H and O–H groups in total. The fourth-order valence-corrected chi connectivity index (χ4v) is 1.75. The van der Waals surface area contributed by atoms with Gasteiger partial charge in [0.25, 0.3) is 0 Å². The minimum absolute atomic E-state index is 0.00120. The van der Waals surface area contributed by atoms with Crippen LogP contribution < -0.4 is 11.1 Å². The lowest BCUT2D eigenvalue weighted by Crippen LogP contribution is -2.21. The molecule has 2 heterocycles. The van der Waals surface area contributed by atoms with E-state index in [2.05, 4.69) is 10.3 Å². The van der Waals surface area contributed by atoms with E-state index in [1.807, 2.05) is 0 Å². The number of nitrogens with one attached hydrogen (secondary N) is 1. The highest BCUT2D eigenvalue weighted by Gasteiger charge is 2.25. The second kappa shape index (κ2) is 3.26. The zero-order valence-corrected chi connectivity index (χ0v) is 7.86. The zero-order valence-electron chi connectivity index (χ0n) is 7.86. The number of aryl methyl sites for hydroxylation is 1. The average molecular weight is 210 g/mol. The number of amides is 2. The van der Waals surface area contributed by atoms with Gasteiger partial charge in [0.2, 0.25) is 0 Å². The fourth-order valence-electron chi connectivity index (χ4n) is 1.75. The number of imidazole rings is 1. The van der Waals surface area contributed by atoms with E-state index in [0.717, 1.165) is 12.8 Å². The third-order valence-corrected chi connectivity index (χ3v) is 2.27. The Morgan fingerprint density at radius 3 is 2.87 bits per heavy atom. The number of aromatic nitrogens is 2. The highest BCUT2D eigenvalue weighted by molar-refractivity contribution is 5.97. The summed E-state index contributed by atoms with van der Waals surface area (Å²) in [6.07, 6.45) is 1.60. The van der Waals surface area contributed by atoms with Crippen molar-refractivity contribution in [3.63, 3.8) is 0 Å². The maximum atomic E-state index is 11.0. The number of carboxylic acid groups (broad SMARTS) is 1. The van der Waals surface area contributed by atoms with Crippen molar-refractivity contribution in [2.45, 2.75) is 19.4 Å². The second-order valence-electron chi connectivity index (χ2n) is 3.27. The normalized spacial score (nSPS) is 13.6. The molecule has 2 amide bonds. The maximum Gasteiger partial charge on any atom is 0.356 e. The van der Waals surface area contributed by atoms with Crippen LogP contribution in [-0.2, 0) is 13.0 Å². The lowest BCUT2D eigenvalue weighted by atomic mass is 10.3. The van der Waals surface area contributed by atoms with Crippen LogP contribution in [0.3, 0.4) is 0 Å². The van der Waals surface area contributed by atoms with Crippen molar-refractivity contribution in [1.82, 2.24) is 9.55 Å². The van der Waals surface area contributed by atoms with Crippen LogP contribution in [0, 0.1) is 0 Å². The number of carbonyl (C=O) groups excluding carboxylic acids is 1. The van der Waals surface area contributed by atoms with Crippen LogP contribution in [0.15, 0.2) is 0 Å². The van der Waals surface area contributed by atoms with Crippen LogP contribution in [0.4, 0.5) is 10.6 Å². The van der Waals surface area contributed by atoms with E-state index >= 15 is 0 Å². The van der Waals surface area contributed by atoms with Gasteiger partial charge in [-0.15, -0.1) is 0 Å². The van der Waals surface area contributed by atoms with Gasteiger partial charge in [-0.1, -0.05) is 0 Å². The highest BCUT2D eigenvalue weighted by atomic mass is 16.4. The summed E-state index contributed by atoms with van der Waals surface area (Å²) in [4.78, 5) is 25.6. The molecule has 1 aromatic rings. The van der Waals surface area contributed by atoms with Crippen LogP contribution in [0.5, 0.6) is 0 Å². The summed E-state index contributed by atoms with van der Waals surface area (Å²) in [7, 11) is 0. The Kier molecular flexibility index (Phi) is 2.07. The molecule has 2 rings (SSSR count). The largest absolute Gasteiger partial charge is 0.476 e. The topological polar surface area (TPSA) is 110 Å². The third kappa shape index (κ3) is 1.51. The van der Waals surface area contributed by atoms with Crippen molar-refractivity contribution < 1.29 is 14.7 Å². The summed E-state index contributed by atoms with van der Waals surface area (Å²) >= 11 is 0. The SMILES string of the molecule is NC(=O)Nc1nc2n(c1C(=O)O)CCC2. The van der Waals surface area contributed by atoms with Gasteiger partial charge in [0.05, 0.1) is 0 Å². The Morgan fingerprint density at radius 1 is 1.53 bits per heavy atom. The van der Waals surface area contributed by atoms with Crippen molar-refractivity contribution in [3.05, 3.63) is 11.5 Å². The Hall–Kier alpha value is -2.05. The zero-order chi connectivity index (χ0) is 11.0. The van der Waals surface area contributed by atoms with Crippen LogP contribution in [0.25, 0.3) is 0 Å². The van der Waals surface area contributed by atoms with Crippen LogP contribution in [-0.4, -0.2) is 26.7 Å². The highest BCUT2D eigenvalue weighted by Crippen LogP contribution is 2.23. The van der Waals surface area contributed by atoms with Gasteiger partial charge in [-0.2, -0.15) is 0 Å². The Morgan fingerprint density at radius 2 is 2.27 bits per heavy atom. The molecule has 0 atom stereocenters. The summed E-state index contributed by atoms with van der Waals surface area (Å²) < 4.78 is 1.59. The quantitative estimate of drug-likeness (QED) is 0.638. The number of rotatable bonds is 2. The van der Waals surface area contributed by atoms with Crippen molar-refractivity contribution in [2.24, 2.45) is 5.73 Å². The van der Waals surface area contributed by atoms with Gasteiger partial charge in [-0.05, 0) is 6.42 Å². The van der Waals surface area contributed by atoms with E-state index in [1.54, 1.807) is 4.57 Å². The number of fused-ring (bicyclic) bond motifs is 1. The molecule has 0 saturated carbocycles. The third-order valence-electron chi connectivity index (χ3n) is 2.27. The minimum atomic E-state index is -1.11. The molecule has 7 heteroatoms. The van der Waals surface area contributed by atoms with E-state index in [4.69, 9.17) is 10.8 Å². The Labute approximate surface area is 84.9 Å². The van der Waals surface area contributed by atoms with E-state index in [-0.39, 0.29) is 11.5 Å². The van der Waals surface area contributed by atoms with Crippen molar-refractivity contribution in [1.29, 1.82) is 0 Å². The first kappa shape index (κ1) is 9.50. The van der Waals surface area contributed by atoms with Gasteiger partial charge in [-0.25, -0.2) is 14.6 Å². The lowest BCUT2D eigenvalue weighted by molar-refractivity contribution is 0.0686. The summed E-state index contributed by atoms with van der Waals surface area (Å²) in [6, 6.07) is -0.811. The molecule has 0 fully saturated rings. The molecule has 0 saturated heterocycles. The smallest absolute Gasteiger partial charge is 0.356 e. The Bertz CT molecular complexity index is 437. The molecular formula is C8H10N4O3. The molecule has 1 aliphatic heterocycles. The maximum absolute atomic E-state index is 11.0. The summed E-state index contributed by atoms with van der Waals surface area (Å²) in [5, 5.41) is 11.2. The summed E-state index contributed by atoms with van der Waals surface area (Å²) in [5.74, 6) is -0.403. The van der Waals surface area contributed by atoms with Crippen LogP contribution in [0.1, 0.15) is 22.7 Å². The molecule has 0 bridgehead atoms. The standard InChI is InChI=1S/C8H10N4O3/c9-8(15)11-6-5(7(13)14)12-3-1-2-4(12)10-6/h1-3H2,(H,13,14)(H3,9,11,15). The van der Waals surface area contributed by atoms with Crippen LogP contribution in [0.2, 0.25) is 0 Å². The number of urea groups is 1. The van der Waals surface area contributed by atoms with Gasteiger partial charge in [0.1, 0.15) is 5.82 Å². The first-order chi connectivity index (χ1) is 7.09. The molecule has 0 unspecified atom stereocenters. The molecule has 7 nitrogen and oxygen atoms in total. The van der Waals surface area contributed by atoms with E-state index in [9.17, 15) is 9.59 Å². The number of carboxylic acids is 1. The van der Waals surface area contributed by atoms with Gasteiger partial charge < -0.3 is 15.4 Å². The fraction of sp³-hybridized carbons (Fsp3) is 0.375. The van der Waals surface area contributed by atoms with Crippen LogP contribution >= 0.6 is 0 Å². The first-order valence-electron chi connectivity index (χ1n) is 4.48. The van der Waals surface area contributed by atoms with E-state index < -0.39 is 12.0 Å². The van der Waals surface area contributed by atoms with Crippen molar-refractivity contribution >= 4 is 17.8 Å². The predicted molar refractivity (Wildman–Crippen MR) is 50.7 cm³/mol. The first-order valence-corrected chi connectivity index (χ1v) is 4.48. The van der Waals surface area contributed by atoms with Gasteiger partial charge in [-0.3, -0.25) is 5.32 Å². The number of anilines is 1. The second-order valence-corrected chi connectivity index (χ2v) is 3.27. The number of nitrogens with zero attached hydrogens (tertiary/aromatic N) is 2. The number of hydrogen-bond acceptors (Lipinski definition) is 3. The summed E-state index contributed by atoms with van der Waals surface area (Å²) in [6.45, 7) is 0.615. The van der Waals surface area contributed by atoms with E-state index in [1.165, 1.54) is 0 Å². The van der Waals surface area contributed by atoms with Gasteiger partial charge >= 0.3 is 12.0 Å². The van der Waals surface area contributed by atoms with Crippen molar-refractivity contribution in [2.75, 3.05) is 5.32 Å². The number of primary amides is 1. The summed E-state index contributed by atoms with van der Waals surface area (Å²) in [5.41, 5.74) is 4.92. The molecule has 15 heavy (non-hydrogen) atoms. The molecule has 1 aromatic heterocycles. The Balaban J connectivity index is 2.46. The van der Waals surface area contributed by atoms with E-state index in [0.29, 0.717) is 12.4 Å². The number of hydrogen-bond donors (Lipinski definition) is 3. The molecule has 1 aliphatic rings. The number of nitrogens with two attached hydrogens (primary N) is 1.